The molecule has 2 aromatic carbocycles. The Balaban J connectivity index is 0.934. The number of amides is 2. The van der Waals surface area contributed by atoms with Crippen LogP contribution in [0.2, 0.25) is 0 Å². The summed E-state index contributed by atoms with van der Waals surface area (Å²) in [5.41, 5.74) is 4.25. The Labute approximate surface area is 260 Å². The van der Waals surface area contributed by atoms with Crippen LogP contribution in [0, 0.1) is 11.3 Å². The van der Waals surface area contributed by atoms with Crippen LogP contribution in [-0.2, 0) is 4.79 Å². The van der Waals surface area contributed by atoms with Crippen LogP contribution in [0.15, 0.2) is 54.9 Å². The van der Waals surface area contributed by atoms with Gasteiger partial charge in [-0.05, 0) is 74.4 Å². The Morgan fingerprint density at radius 2 is 1.64 bits per heavy atom. The molecular weight excluding hydrogens is 552 g/mol. The minimum absolute atomic E-state index is 0.0645. The lowest BCUT2D eigenvalue weighted by atomic mass is 9.77. The standard InChI is InChI=1S/C35H44N6O3/c1-44-32-22-30(10-11-31(32)28-23-36-37-24-28)41-17-14-35(34(41)43)12-15-40(16-13-35)33(42)27-6-8-29(9-7-27)39-20-18-38(19-21-39)25-26-4-2-3-5-26/h6-11,22-24,26H,2-5,12-21,25H2,1H3,(H,36,37). The molecule has 1 saturated carbocycles. The predicted octanol–water partition coefficient (Wildman–Crippen LogP) is 5.06. The van der Waals surface area contributed by atoms with Crippen LogP contribution in [0.5, 0.6) is 5.75 Å². The second-order valence-corrected chi connectivity index (χ2v) is 13.1. The number of rotatable bonds is 7. The first-order chi connectivity index (χ1) is 21.5. The first kappa shape index (κ1) is 28.9. The number of hydrogen-bond donors (Lipinski definition) is 1. The van der Waals surface area contributed by atoms with E-state index in [1.165, 1.54) is 37.9 Å². The molecule has 1 N–H and O–H groups in total. The number of aromatic amines is 1. The molecule has 1 spiro atoms. The molecule has 4 heterocycles. The summed E-state index contributed by atoms with van der Waals surface area (Å²) in [7, 11) is 1.65. The monoisotopic (exact) mass is 596 g/mol. The summed E-state index contributed by atoms with van der Waals surface area (Å²) in [6, 6.07) is 14.1. The molecule has 3 saturated heterocycles. The Bertz CT molecular complexity index is 1450. The molecule has 4 aliphatic rings. The van der Waals surface area contributed by atoms with Crippen molar-refractivity contribution >= 4 is 23.2 Å². The third-order valence-electron chi connectivity index (χ3n) is 10.7. The molecule has 3 aliphatic heterocycles. The quantitative estimate of drug-likeness (QED) is 0.411. The van der Waals surface area contributed by atoms with Gasteiger partial charge >= 0.3 is 0 Å². The van der Waals surface area contributed by atoms with Crippen LogP contribution >= 0.6 is 0 Å². The maximum absolute atomic E-state index is 13.8. The Morgan fingerprint density at radius 3 is 2.32 bits per heavy atom. The van der Waals surface area contributed by atoms with Crippen molar-refractivity contribution in [2.75, 3.05) is 69.3 Å². The van der Waals surface area contributed by atoms with Gasteiger partial charge in [-0.2, -0.15) is 5.10 Å². The van der Waals surface area contributed by atoms with Crippen molar-refractivity contribution in [3.8, 4) is 16.9 Å². The molecule has 0 radical (unpaired) electrons. The summed E-state index contributed by atoms with van der Waals surface area (Å²) < 4.78 is 5.66. The van der Waals surface area contributed by atoms with Crippen LogP contribution in [0.25, 0.3) is 11.1 Å². The zero-order chi connectivity index (χ0) is 30.1. The van der Waals surface area contributed by atoms with Gasteiger partial charge in [-0.3, -0.25) is 19.6 Å². The molecule has 3 aromatic rings. The lowest BCUT2D eigenvalue weighted by Crippen LogP contribution is -2.47. The SMILES string of the molecule is COc1cc(N2CCC3(CCN(C(=O)c4ccc(N5CCN(CC6CCCC6)CC5)cc4)CC3)C2=O)ccc1-c1cn[nH]c1. The fourth-order valence-corrected chi connectivity index (χ4v) is 7.90. The normalized spacial score (nSPS) is 21.0. The second kappa shape index (κ2) is 12.3. The van der Waals surface area contributed by atoms with Crippen molar-refractivity contribution in [2.24, 2.45) is 11.3 Å². The lowest BCUT2D eigenvalue weighted by molar-refractivity contribution is -0.127. The number of nitrogens with zero attached hydrogens (tertiary/aromatic N) is 5. The molecule has 0 atom stereocenters. The fraction of sp³-hybridized carbons (Fsp3) is 0.514. The first-order valence-electron chi connectivity index (χ1n) is 16.4. The van der Waals surface area contributed by atoms with Crippen molar-refractivity contribution in [1.82, 2.24) is 20.0 Å². The third kappa shape index (κ3) is 5.58. The molecule has 9 nitrogen and oxygen atoms in total. The molecule has 9 heteroatoms. The molecular formula is C35H44N6O3. The summed E-state index contributed by atoms with van der Waals surface area (Å²) in [5.74, 6) is 1.84. The van der Waals surface area contributed by atoms with Crippen LogP contribution in [0.3, 0.4) is 0 Å². The highest BCUT2D eigenvalue weighted by Gasteiger charge is 2.49. The third-order valence-corrected chi connectivity index (χ3v) is 10.7. The van der Waals surface area contributed by atoms with Gasteiger partial charge in [-0.15, -0.1) is 0 Å². The zero-order valence-corrected chi connectivity index (χ0v) is 25.8. The van der Waals surface area contributed by atoms with Gasteiger partial charge < -0.3 is 19.4 Å². The average molecular weight is 597 g/mol. The summed E-state index contributed by atoms with van der Waals surface area (Å²) in [6.07, 6.45) is 11.4. The van der Waals surface area contributed by atoms with Gasteiger partial charge in [0.25, 0.3) is 5.91 Å². The van der Waals surface area contributed by atoms with Crippen molar-refractivity contribution in [3.63, 3.8) is 0 Å². The lowest BCUT2D eigenvalue weighted by Gasteiger charge is -2.38. The highest BCUT2D eigenvalue weighted by atomic mass is 16.5. The highest BCUT2D eigenvalue weighted by Crippen LogP contribution is 2.44. The van der Waals surface area contributed by atoms with E-state index >= 15 is 0 Å². The maximum atomic E-state index is 13.8. The Morgan fingerprint density at radius 1 is 0.932 bits per heavy atom. The van der Waals surface area contributed by atoms with E-state index in [4.69, 9.17) is 4.74 Å². The van der Waals surface area contributed by atoms with Gasteiger partial charge in [0.15, 0.2) is 0 Å². The molecule has 44 heavy (non-hydrogen) atoms. The number of anilines is 2. The molecule has 0 bridgehead atoms. The summed E-state index contributed by atoms with van der Waals surface area (Å²) in [6.45, 7) is 7.47. The molecule has 1 aromatic heterocycles. The summed E-state index contributed by atoms with van der Waals surface area (Å²) in [4.78, 5) is 36.2. The van der Waals surface area contributed by atoms with Crippen molar-refractivity contribution < 1.29 is 14.3 Å². The van der Waals surface area contributed by atoms with E-state index in [-0.39, 0.29) is 11.8 Å². The van der Waals surface area contributed by atoms with Gasteiger partial charge in [0, 0.05) is 92.7 Å². The van der Waals surface area contributed by atoms with Gasteiger partial charge in [0.2, 0.25) is 5.91 Å². The van der Waals surface area contributed by atoms with Gasteiger partial charge in [0.1, 0.15) is 5.75 Å². The van der Waals surface area contributed by atoms with E-state index in [1.807, 2.05) is 46.3 Å². The van der Waals surface area contributed by atoms with E-state index in [0.29, 0.717) is 38.2 Å². The highest BCUT2D eigenvalue weighted by molar-refractivity contribution is 6.01. The smallest absolute Gasteiger partial charge is 0.253 e. The molecule has 2 amide bonds. The first-order valence-corrected chi connectivity index (χ1v) is 16.4. The molecule has 232 valence electrons. The zero-order valence-electron chi connectivity index (χ0n) is 25.8. The van der Waals surface area contributed by atoms with Crippen LogP contribution in [0.1, 0.15) is 55.3 Å². The van der Waals surface area contributed by atoms with Crippen molar-refractivity contribution in [1.29, 1.82) is 0 Å². The number of carbonyl (C=O) groups is 2. The fourth-order valence-electron chi connectivity index (χ4n) is 7.90. The summed E-state index contributed by atoms with van der Waals surface area (Å²) >= 11 is 0. The van der Waals surface area contributed by atoms with E-state index in [2.05, 4.69) is 32.1 Å². The van der Waals surface area contributed by atoms with Gasteiger partial charge in [-0.25, -0.2) is 0 Å². The number of benzene rings is 2. The van der Waals surface area contributed by atoms with Crippen molar-refractivity contribution in [3.05, 3.63) is 60.4 Å². The largest absolute Gasteiger partial charge is 0.496 e. The number of nitrogens with one attached hydrogen (secondary N) is 1. The minimum atomic E-state index is -0.406. The van der Waals surface area contributed by atoms with E-state index in [9.17, 15) is 9.59 Å². The number of H-pyrrole nitrogens is 1. The molecule has 4 fully saturated rings. The number of likely N-dealkylation sites (tertiary alicyclic amines) is 1. The number of carbonyl (C=O) groups excluding carboxylic acids is 2. The van der Waals surface area contributed by atoms with Crippen molar-refractivity contribution in [2.45, 2.75) is 44.9 Å². The van der Waals surface area contributed by atoms with E-state index in [0.717, 1.165) is 60.9 Å². The van der Waals surface area contributed by atoms with Gasteiger partial charge in [0.05, 0.1) is 18.7 Å². The predicted molar refractivity (Wildman–Crippen MR) is 172 cm³/mol. The van der Waals surface area contributed by atoms with E-state index < -0.39 is 5.41 Å². The topological polar surface area (TPSA) is 85.0 Å². The van der Waals surface area contributed by atoms with Crippen LogP contribution in [0.4, 0.5) is 11.4 Å². The number of aromatic nitrogens is 2. The minimum Gasteiger partial charge on any atom is -0.496 e. The van der Waals surface area contributed by atoms with Crippen LogP contribution < -0.4 is 14.5 Å². The Kier molecular flexibility index (Phi) is 8.06. The van der Waals surface area contributed by atoms with E-state index in [1.54, 1.807) is 13.3 Å². The number of methoxy groups -OCH3 is 1. The number of hydrogen-bond acceptors (Lipinski definition) is 6. The number of ether oxygens (including phenoxy) is 1. The number of piperidine rings is 1. The average Bonchev–Trinajstić information content (AvgIpc) is 3.85. The summed E-state index contributed by atoms with van der Waals surface area (Å²) in [5, 5.41) is 6.88. The molecule has 7 rings (SSSR count). The number of piperazine rings is 1. The second-order valence-electron chi connectivity index (χ2n) is 13.1. The molecule has 0 unspecified atom stereocenters. The Hall–Kier alpha value is -3.85. The van der Waals surface area contributed by atoms with Gasteiger partial charge in [-0.1, -0.05) is 12.8 Å². The van der Waals surface area contributed by atoms with Crippen LogP contribution in [-0.4, -0.2) is 91.3 Å². The maximum Gasteiger partial charge on any atom is 0.253 e. The molecule has 1 aliphatic carbocycles.